The molecule has 3 unspecified atom stereocenters. The van der Waals surface area contributed by atoms with E-state index in [1.54, 1.807) is 0 Å². The van der Waals surface area contributed by atoms with Crippen molar-refractivity contribution in [3.8, 4) is 6.07 Å². The van der Waals surface area contributed by atoms with E-state index < -0.39 is 11.3 Å². The van der Waals surface area contributed by atoms with E-state index in [2.05, 4.69) is 6.07 Å². The Hall–Kier alpha value is -4.10. The molecule has 1 aliphatic heterocycles. The van der Waals surface area contributed by atoms with Crippen molar-refractivity contribution in [1.29, 1.82) is 5.26 Å². The lowest BCUT2D eigenvalue weighted by molar-refractivity contribution is -0.150. The van der Waals surface area contributed by atoms with Crippen LogP contribution in [0.3, 0.4) is 0 Å². The van der Waals surface area contributed by atoms with Gasteiger partial charge in [0.05, 0.1) is 23.0 Å². The zero-order valence-electron chi connectivity index (χ0n) is 18.1. The normalized spacial score (nSPS) is 23.4. The number of carbonyl (C=O) groups is 1. The second-order valence-corrected chi connectivity index (χ2v) is 8.34. The van der Waals surface area contributed by atoms with Gasteiger partial charge in [0.2, 0.25) is 0 Å². The number of hydrogen-bond donors (Lipinski definition) is 0. The number of allylic oxidation sites excluding steroid dienone is 1. The molecule has 5 rings (SSSR count). The molecule has 0 aromatic heterocycles. The number of carbonyl (C=O) groups excluding carboxylic acids is 1. The first-order valence-electron chi connectivity index (χ1n) is 11.0. The molecule has 0 amide bonds. The highest BCUT2D eigenvalue weighted by Gasteiger charge is 2.54. The third-order valence-corrected chi connectivity index (χ3v) is 6.43. The summed E-state index contributed by atoms with van der Waals surface area (Å²) in [4.78, 5) is 13.5. The van der Waals surface area contributed by atoms with Crippen LogP contribution in [0.1, 0.15) is 23.1 Å². The molecule has 4 nitrogen and oxygen atoms in total. The number of ether oxygens (including phenoxy) is 2. The van der Waals surface area contributed by atoms with E-state index in [0.29, 0.717) is 17.8 Å². The van der Waals surface area contributed by atoms with Gasteiger partial charge in [-0.3, -0.25) is 4.79 Å². The molecule has 0 spiro atoms. The van der Waals surface area contributed by atoms with Gasteiger partial charge >= 0.3 is 5.97 Å². The number of nitriles is 1. The zero-order valence-corrected chi connectivity index (χ0v) is 18.1. The van der Waals surface area contributed by atoms with Crippen LogP contribution in [0.4, 0.5) is 0 Å². The van der Waals surface area contributed by atoms with Crippen LogP contribution in [0.25, 0.3) is 5.76 Å². The largest absolute Gasteiger partial charge is 0.485 e. The van der Waals surface area contributed by atoms with E-state index >= 15 is 0 Å². The maximum Gasteiger partial charge on any atom is 0.314 e. The summed E-state index contributed by atoms with van der Waals surface area (Å²) < 4.78 is 12.0. The fraction of sp³-hybridized carbons (Fsp3) is 0.172. The molecule has 2 aliphatic rings. The molecule has 0 fully saturated rings. The highest BCUT2D eigenvalue weighted by Crippen LogP contribution is 2.53. The first-order chi connectivity index (χ1) is 16.2. The molecule has 3 atom stereocenters. The molecule has 3 aromatic rings. The summed E-state index contributed by atoms with van der Waals surface area (Å²) >= 11 is 0. The highest BCUT2D eigenvalue weighted by atomic mass is 16.5. The highest BCUT2D eigenvalue weighted by molar-refractivity contribution is 5.83. The van der Waals surface area contributed by atoms with Crippen molar-refractivity contribution in [3.05, 3.63) is 125 Å². The molecule has 0 N–H and O–H groups in total. The van der Waals surface area contributed by atoms with E-state index in [9.17, 15) is 10.1 Å². The Morgan fingerprint density at radius 1 is 0.939 bits per heavy atom. The summed E-state index contributed by atoms with van der Waals surface area (Å²) in [6, 6.07) is 31.4. The van der Waals surface area contributed by atoms with E-state index in [0.717, 1.165) is 16.7 Å². The predicted octanol–water partition coefficient (Wildman–Crippen LogP) is 5.58. The van der Waals surface area contributed by atoms with Crippen LogP contribution in [-0.2, 0) is 26.3 Å². The second kappa shape index (κ2) is 8.80. The first-order valence-corrected chi connectivity index (χ1v) is 11.0. The summed E-state index contributed by atoms with van der Waals surface area (Å²) in [7, 11) is 0. The molecular weight excluding hydrogens is 410 g/mol. The van der Waals surface area contributed by atoms with Crippen molar-refractivity contribution in [3.63, 3.8) is 0 Å². The van der Waals surface area contributed by atoms with E-state index in [1.165, 1.54) is 0 Å². The zero-order chi connectivity index (χ0) is 22.7. The van der Waals surface area contributed by atoms with Gasteiger partial charge in [0, 0.05) is 12.0 Å². The molecule has 4 heteroatoms. The molecule has 33 heavy (non-hydrogen) atoms. The predicted molar refractivity (Wildman–Crippen MR) is 125 cm³/mol. The lowest BCUT2D eigenvalue weighted by atomic mass is 9.59. The maximum absolute atomic E-state index is 13.5. The molecule has 0 saturated carbocycles. The molecule has 162 valence electrons. The van der Waals surface area contributed by atoms with Crippen molar-refractivity contribution < 1.29 is 14.3 Å². The molecule has 3 aromatic carbocycles. The van der Waals surface area contributed by atoms with E-state index in [-0.39, 0.29) is 18.7 Å². The van der Waals surface area contributed by atoms with Crippen molar-refractivity contribution in [2.45, 2.75) is 24.5 Å². The summed E-state index contributed by atoms with van der Waals surface area (Å²) in [5.74, 6) is -0.458. The van der Waals surface area contributed by atoms with Gasteiger partial charge in [0.1, 0.15) is 18.5 Å². The topological polar surface area (TPSA) is 59.3 Å². The van der Waals surface area contributed by atoms with Gasteiger partial charge in [-0.15, -0.1) is 0 Å². The summed E-state index contributed by atoms with van der Waals surface area (Å²) in [5.41, 5.74) is 2.25. The molecule has 0 saturated heterocycles. The molecule has 0 radical (unpaired) electrons. The van der Waals surface area contributed by atoms with Gasteiger partial charge in [-0.1, -0.05) is 97.1 Å². The Morgan fingerprint density at radius 2 is 1.58 bits per heavy atom. The lowest BCUT2D eigenvalue weighted by Gasteiger charge is -2.47. The van der Waals surface area contributed by atoms with Gasteiger partial charge in [-0.2, -0.15) is 5.26 Å². The van der Waals surface area contributed by atoms with Crippen LogP contribution in [0.5, 0.6) is 0 Å². The lowest BCUT2D eigenvalue weighted by Crippen LogP contribution is -2.49. The molecular formula is C29H23NO3. The first kappa shape index (κ1) is 20.8. The van der Waals surface area contributed by atoms with E-state index in [1.807, 2.05) is 103 Å². The Labute approximate surface area is 193 Å². The maximum atomic E-state index is 13.5. The Balaban J connectivity index is 1.62. The number of nitrogens with zero attached hydrogens (tertiary/aromatic N) is 1. The quantitative estimate of drug-likeness (QED) is 0.389. The third-order valence-electron chi connectivity index (χ3n) is 6.43. The number of hydrogen-bond acceptors (Lipinski definition) is 4. The van der Waals surface area contributed by atoms with Crippen LogP contribution in [0.2, 0.25) is 0 Å². The van der Waals surface area contributed by atoms with Crippen LogP contribution in [0, 0.1) is 17.2 Å². The Kier molecular flexibility index (Phi) is 5.54. The minimum absolute atomic E-state index is 0.186. The summed E-state index contributed by atoms with van der Waals surface area (Å²) in [5, 5.41) is 10.4. The smallest absolute Gasteiger partial charge is 0.314 e. The minimum Gasteiger partial charge on any atom is -0.485 e. The number of esters is 1. The third kappa shape index (κ3) is 3.72. The van der Waals surface area contributed by atoms with Gasteiger partial charge < -0.3 is 9.47 Å². The average molecular weight is 434 g/mol. The fourth-order valence-corrected chi connectivity index (χ4v) is 4.89. The standard InChI is InChI=1S/C29H23NO3/c30-19-26-27(22-12-6-2-7-13-22)33-24-16-17-25(28(31)32-20-21-10-4-1-5-11-21)29(26,18-24)23-14-8-3-9-15-23/h1-17,24-25H,18,20H2. The molecule has 2 bridgehead atoms. The Bertz CT molecular complexity index is 1240. The summed E-state index contributed by atoms with van der Waals surface area (Å²) in [6.45, 7) is 0.186. The van der Waals surface area contributed by atoms with Crippen LogP contribution in [0.15, 0.2) is 109 Å². The van der Waals surface area contributed by atoms with Crippen molar-refractivity contribution in [2.75, 3.05) is 0 Å². The second-order valence-electron chi connectivity index (χ2n) is 8.34. The van der Waals surface area contributed by atoms with Crippen molar-refractivity contribution in [1.82, 2.24) is 0 Å². The van der Waals surface area contributed by atoms with Gasteiger partial charge in [0.25, 0.3) is 0 Å². The van der Waals surface area contributed by atoms with Gasteiger partial charge in [-0.05, 0) is 17.2 Å². The van der Waals surface area contributed by atoms with Crippen LogP contribution in [-0.4, -0.2) is 12.1 Å². The van der Waals surface area contributed by atoms with Crippen LogP contribution < -0.4 is 0 Å². The molecule has 1 aliphatic carbocycles. The monoisotopic (exact) mass is 433 g/mol. The SMILES string of the molecule is N#CC1=C(c2ccccc2)OC2C=CC(C(=O)OCc3ccccc3)C1(c1ccccc1)C2. The van der Waals surface area contributed by atoms with E-state index in [4.69, 9.17) is 9.47 Å². The van der Waals surface area contributed by atoms with Crippen LogP contribution >= 0.6 is 0 Å². The Morgan fingerprint density at radius 3 is 2.24 bits per heavy atom. The average Bonchev–Trinajstić information content (AvgIpc) is 2.89. The summed E-state index contributed by atoms with van der Waals surface area (Å²) in [6.07, 6.45) is 4.04. The number of benzene rings is 3. The fourth-order valence-electron chi connectivity index (χ4n) is 4.89. The van der Waals surface area contributed by atoms with Crippen molar-refractivity contribution in [2.24, 2.45) is 5.92 Å². The van der Waals surface area contributed by atoms with Gasteiger partial charge in [0.15, 0.2) is 0 Å². The van der Waals surface area contributed by atoms with Gasteiger partial charge in [-0.25, -0.2) is 0 Å². The number of fused-ring (bicyclic) bond motifs is 2. The van der Waals surface area contributed by atoms with Crippen molar-refractivity contribution >= 4 is 11.7 Å². The minimum atomic E-state index is -0.868. The number of rotatable bonds is 5. The molecule has 1 heterocycles.